The van der Waals surface area contributed by atoms with E-state index in [4.69, 9.17) is 19.4 Å². The summed E-state index contributed by atoms with van der Waals surface area (Å²) in [7, 11) is -4.78. The van der Waals surface area contributed by atoms with E-state index in [9.17, 15) is 27.7 Å². The predicted octanol–water partition coefficient (Wildman–Crippen LogP) is 3.82. The molecule has 3 atom stereocenters. The fourth-order valence-electron chi connectivity index (χ4n) is 6.28. The molecule has 248 valence electrons. The molecule has 1 aromatic heterocycles. The summed E-state index contributed by atoms with van der Waals surface area (Å²) in [5.41, 5.74) is -0.992. The van der Waals surface area contributed by atoms with Gasteiger partial charge in [-0.15, -0.1) is 0 Å². The van der Waals surface area contributed by atoms with E-state index in [0.717, 1.165) is 11.8 Å². The molecule has 1 saturated heterocycles. The van der Waals surface area contributed by atoms with Crippen LogP contribution in [0.1, 0.15) is 71.1 Å². The van der Waals surface area contributed by atoms with E-state index >= 15 is 0 Å². The molecule has 2 bridgehead atoms. The third kappa shape index (κ3) is 6.38. The Morgan fingerprint density at radius 3 is 2.60 bits per heavy atom. The zero-order valence-corrected chi connectivity index (χ0v) is 26.2. The molecule has 0 radical (unpaired) electrons. The first kappa shape index (κ1) is 32.4. The lowest BCUT2D eigenvalue weighted by atomic mass is 9.84. The molecule has 16 heteroatoms. The maximum absolute atomic E-state index is 14.3. The molecule has 47 heavy (non-hydrogen) atoms. The number of nitrogens with one attached hydrogen (secondary N) is 1. The van der Waals surface area contributed by atoms with Crippen LogP contribution < -0.4 is 20.0 Å². The summed E-state index contributed by atoms with van der Waals surface area (Å²) >= 11 is 0. The number of hydrogen-bond donors (Lipinski definition) is 3. The van der Waals surface area contributed by atoms with Crippen molar-refractivity contribution in [1.29, 1.82) is 0 Å². The Kier molecular flexibility index (Phi) is 8.41. The van der Waals surface area contributed by atoms with Gasteiger partial charge in [0.05, 0.1) is 11.8 Å². The summed E-state index contributed by atoms with van der Waals surface area (Å²) in [5.74, 6) is -3.49. The van der Waals surface area contributed by atoms with Crippen LogP contribution in [0.25, 0.3) is 0 Å². The van der Waals surface area contributed by atoms with E-state index in [1.807, 2.05) is 13.8 Å². The number of amides is 2. The van der Waals surface area contributed by atoms with Crippen molar-refractivity contribution in [3.63, 3.8) is 0 Å². The van der Waals surface area contributed by atoms with Crippen LogP contribution in [0, 0.1) is 11.6 Å². The highest BCUT2D eigenvalue weighted by molar-refractivity contribution is 7.46. The number of fused-ring (bicyclic) bond motifs is 5. The summed E-state index contributed by atoms with van der Waals surface area (Å²) in [6.07, 6.45) is 2.89. The number of nitrogens with zero attached hydrogens (tertiary/aromatic N) is 3. The zero-order chi connectivity index (χ0) is 33.7. The first-order valence-electron chi connectivity index (χ1n) is 14.8. The summed E-state index contributed by atoms with van der Waals surface area (Å²) in [6, 6.07) is 7.65. The Balaban J connectivity index is 1.41. The largest absolute Gasteiger partial charge is 0.524 e. The highest BCUT2D eigenvalue weighted by Gasteiger charge is 2.54. The van der Waals surface area contributed by atoms with E-state index in [1.165, 1.54) is 36.5 Å². The molecular formula is C31H31F2N4O9P. The molecule has 3 aliphatic rings. The maximum atomic E-state index is 14.3. The van der Waals surface area contributed by atoms with Crippen LogP contribution in [0.5, 0.6) is 11.5 Å². The van der Waals surface area contributed by atoms with Crippen molar-refractivity contribution in [2.75, 3.05) is 6.54 Å². The monoisotopic (exact) mass is 672 g/mol. The van der Waals surface area contributed by atoms with Crippen LogP contribution >= 0.6 is 7.82 Å². The highest BCUT2D eigenvalue weighted by atomic mass is 31.2. The second kappa shape index (κ2) is 12.2. The predicted molar refractivity (Wildman–Crippen MR) is 162 cm³/mol. The first-order valence-corrected chi connectivity index (χ1v) is 16.3. The minimum absolute atomic E-state index is 0.00466. The van der Waals surface area contributed by atoms with Crippen LogP contribution in [0.4, 0.5) is 8.78 Å². The summed E-state index contributed by atoms with van der Waals surface area (Å²) < 4.78 is 51.0. The molecular weight excluding hydrogens is 641 g/mol. The van der Waals surface area contributed by atoms with Gasteiger partial charge in [-0.1, -0.05) is 23.4 Å². The normalized spacial score (nSPS) is 21.9. The number of halogens is 2. The zero-order valence-electron chi connectivity index (χ0n) is 25.3. The van der Waals surface area contributed by atoms with E-state index in [2.05, 4.69) is 15.0 Å². The van der Waals surface area contributed by atoms with E-state index in [1.54, 1.807) is 9.47 Å². The van der Waals surface area contributed by atoms with Gasteiger partial charge in [0.1, 0.15) is 29.6 Å². The maximum Gasteiger partial charge on any atom is 0.524 e. The number of rotatable bonds is 8. The van der Waals surface area contributed by atoms with Crippen LogP contribution in [-0.2, 0) is 22.6 Å². The number of carbonyl (C=O) groups excluding carboxylic acids is 2. The van der Waals surface area contributed by atoms with Crippen LogP contribution in [-0.4, -0.2) is 55.0 Å². The van der Waals surface area contributed by atoms with Crippen molar-refractivity contribution in [3.8, 4) is 11.5 Å². The SMILES string of the molecule is CC1=NO[C@@]2(CC[C@H](C)N3C[C@H]2n2cc(C(=O)NCc4ccc(F)cc4F)c(=O)c(OCc4ccc(OP(=O)(O)O)cc4)c2C3=O)C1. The molecule has 1 spiro atoms. The summed E-state index contributed by atoms with van der Waals surface area (Å²) in [5, 5.41) is 6.71. The molecule has 2 amide bonds. The van der Waals surface area contributed by atoms with Crippen LogP contribution in [0.2, 0.25) is 0 Å². The van der Waals surface area contributed by atoms with Gasteiger partial charge < -0.3 is 28.9 Å². The topological polar surface area (TPSA) is 169 Å². The number of aromatic nitrogens is 1. The van der Waals surface area contributed by atoms with E-state index in [0.29, 0.717) is 30.9 Å². The molecule has 0 aliphatic carbocycles. The van der Waals surface area contributed by atoms with Gasteiger partial charge in [0.2, 0.25) is 5.43 Å². The van der Waals surface area contributed by atoms with Gasteiger partial charge in [0.25, 0.3) is 11.8 Å². The highest BCUT2D eigenvalue weighted by Crippen LogP contribution is 2.46. The van der Waals surface area contributed by atoms with Crippen molar-refractivity contribution in [2.45, 2.75) is 63.9 Å². The average molecular weight is 673 g/mol. The molecule has 0 unspecified atom stereocenters. The lowest BCUT2D eigenvalue weighted by Crippen LogP contribution is -2.52. The lowest BCUT2D eigenvalue weighted by molar-refractivity contribution is -0.0656. The van der Waals surface area contributed by atoms with E-state index in [-0.39, 0.29) is 54.1 Å². The van der Waals surface area contributed by atoms with Gasteiger partial charge in [-0.3, -0.25) is 24.2 Å². The smallest absolute Gasteiger partial charge is 0.483 e. The van der Waals surface area contributed by atoms with Gasteiger partial charge >= 0.3 is 7.82 Å². The number of phosphoric ester groups is 1. The third-order valence-corrected chi connectivity index (χ3v) is 9.10. The summed E-state index contributed by atoms with van der Waals surface area (Å²) in [4.78, 5) is 67.4. The third-order valence-electron chi connectivity index (χ3n) is 8.65. The van der Waals surface area contributed by atoms with Crippen molar-refractivity contribution < 1.29 is 46.8 Å². The standard InChI is InChI=1S/C31H31F2N4O9P/c1-17-12-31(46-35-17)10-9-18(2)36-15-25(31)37-14-23(29(39)34-13-20-5-6-21(32)11-24(20)33)27(38)28(26(37)30(36)40)44-16-19-3-7-22(8-4-19)45-47(41,42)43/h3-8,11,14,18,25H,9-10,12-13,15-16H2,1-2H3,(H,34,39)(H2,41,42,43)/t18-,25+,31-/m0/s1. The molecule has 0 saturated carbocycles. The van der Waals surface area contributed by atoms with Gasteiger partial charge in [-0.05, 0) is 50.5 Å². The number of oxime groups is 1. The summed E-state index contributed by atoms with van der Waals surface area (Å²) in [6.45, 7) is 3.35. The fraction of sp³-hybridized carbons (Fsp3) is 0.355. The number of hydrogen-bond acceptors (Lipinski definition) is 8. The molecule has 6 rings (SSSR count). The van der Waals surface area contributed by atoms with Crippen LogP contribution in [0.3, 0.4) is 0 Å². The molecule has 13 nitrogen and oxygen atoms in total. The molecule has 1 fully saturated rings. The van der Waals surface area contributed by atoms with Gasteiger partial charge in [0, 0.05) is 43.4 Å². The molecule has 4 heterocycles. The number of carbonyl (C=O) groups is 2. The average Bonchev–Trinajstić information content (AvgIpc) is 3.34. The van der Waals surface area contributed by atoms with Crippen LogP contribution in [0.15, 0.2) is 58.6 Å². The Morgan fingerprint density at radius 1 is 1.19 bits per heavy atom. The van der Waals surface area contributed by atoms with Gasteiger partial charge in [-0.2, -0.15) is 0 Å². The Morgan fingerprint density at radius 2 is 1.94 bits per heavy atom. The van der Waals surface area contributed by atoms with Crippen molar-refractivity contribution in [1.82, 2.24) is 14.8 Å². The Bertz CT molecular complexity index is 1890. The second-order valence-corrected chi connectivity index (χ2v) is 13.1. The fourth-order valence-corrected chi connectivity index (χ4v) is 6.68. The van der Waals surface area contributed by atoms with Crippen molar-refractivity contribution in [2.24, 2.45) is 5.16 Å². The second-order valence-electron chi connectivity index (χ2n) is 11.9. The quantitative estimate of drug-likeness (QED) is 0.301. The van der Waals surface area contributed by atoms with Gasteiger partial charge in [-0.25, -0.2) is 13.3 Å². The van der Waals surface area contributed by atoms with E-state index < -0.39 is 48.3 Å². The first-order chi connectivity index (χ1) is 22.2. The minimum atomic E-state index is -4.78. The van der Waals surface area contributed by atoms with Crippen molar-refractivity contribution in [3.05, 3.63) is 92.9 Å². The number of benzene rings is 2. The Labute approximate surface area is 267 Å². The van der Waals surface area contributed by atoms with Gasteiger partial charge in [0.15, 0.2) is 17.0 Å². The molecule has 3 aliphatic heterocycles. The molecule has 2 aromatic carbocycles. The number of ether oxygens (including phenoxy) is 1. The number of pyridine rings is 1. The lowest BCUT2D eigenvalue weighted by Gasteiger charge is -2.42. The molecule has 3 N–H and O–H groups in total. The van der Waals surface area contributed by atoms with Crippen molar-refractivity contribution >= 4 is 25.3 Å². The number of phosphoric acid groups is 1. The molecule has 3 aromatic rings. The minimum Gasteiger partial charge on any atom is -0.483 e. The Hall–Kier alpha value is -4.59.